The third kappa shape index (κ3) is 4.04. The number of sulfone groups is 2. The molecular weight excluding hydrogens is 332 g/mol. The molecule has 1 aliphatic heterocycles. The number of carboxylic acid groups (broad SMARTS) is 1. The van der Waals surface area contributed by atoms with Crippen LogP contribution in [-0.4, -0.2) is 51.5 Å². The molecule has 1 aromatic rings. The fourth-order valence-electron chi connectivity index (χ4n) is 1.94. The lowest BCUT2D eigenvalue weighted by molar-refractivity contribution is -0.135. The predicted molar refractivity (Wildman–Crippen MR) is 81.2 cm³/mol. The number of nitrogens with zero attached hydrogens (tertiary/aromatic N) is 1. The normalized spacial score (nSPS) is 16.5. The van der Waals surface area contributed by atoms with Gasteiger partial charge in [0, 0.05) is 17.7 Å². The zero-order valence-electron chi connectivity index (χ0n) is 11.6. The molecule has 0 aromatic heterocycles. The highest BCUT2D eigenvalue weighted by Gasteiger charge is 2.27. The summed E-state index contributed by atoms with van der Waals surface area (Å²) < 4.78 is 46.6. The van der Waals surface area contributed by atoms with E-state index in [0.29, 0.717) is 5.69 Å². The number of anilines is 1. The molecule has 0 saturated carbocycles. The molecule has 0 bridgehead atoms. The molecule has 0 atom stereocenters. The van der Waals surface area contributed by atoms with Gasteiger partial charge in [0.1, 0.15) is 5.88 Å². The third-order valence-corrected chi connectivity index (χ3v) is 5.20. The van der Waals surface area contributed by atoms with Gasteiger partial charge in [0.05, 0.1) is 22.8 Å². The molecular formula is C12H14N2O6S2. The Hall–Kier alpha value is -1.94. The number of hydrogen-bond acceptors (Lipinski definition) is 7. The van der Waals surface area contributed by atoms with Gasteiger partial charge < -0.3 is 10.4 Å². The van der Waals surface area contributed by atoms with Crippen LogP contribution in [0.15, 0.2) is 28.1 Å². The summed E-state index contributed by atoms with van der Waals surface area (Å²) in [5.74, 6) is -1.93. The van der Waals surface area contributed by atoms with Gasteiger partial charge >= 0.3 is 5.97 Å². The second-order valence-electron chi connectivity index (χ2n) is 4.94. The van der Waals surface area contributed by atoms with E-state index in [4.69, 9.17) is 5.11 Å². The Kier molecular flexibility index (Phi) is 4.25. The molecule has 0 amide bonds. The molecule has 0 unspecified atom stereocenters. The zero-order valence-corrected chi connectivity index (χ0v) is 13.2. The minimum absolute atomic E-state index is 0.0415. The van der Waals surface area contributed by atoms with Crippen LogP contribution >= 0.6 is 0 Å². The lowest BCUT2D eigenvalue weighted by atomic mass is 10.2. The summed E-state index contributed by atoms with van der Waals surface area (Å²) in [7, 11) is -6.94. The van der Waals surface area contributed by atoms with Gasteiger partial charge in [0.25, 0.3) is 0 Å². The van der Waals surface area contributed by atoms with Gasteiger partial charge in [-0.2, -0.15) is 0 Å². The molecule has 22 heavy (non-hydrogen) atoms. The molecule has 8 nitrogen and oxygen atoms in total. The maximum absolute atomic E-state index is 12.2. The molecule has 0 saturated heterocycles. The van der Waals surface area contributed by atoms with E-state index in [-0.39, 0.29) is 22.2 Å². The Morgan fingerprint density at radius 1 is 1.41 bits per heavy atom. The predicted octanol–water partition coefficient (Wildman–Crippen LogP) is 0.435. The molecule has 0 fully saturated rings. The summed E-state index contributed by atoms with van der Waals surface area (Å²) in [5, 5.41) is 11.4. The van der Waals surface area contributed by atoms with Crippen LogP contribution in [-0.2, 0) is 24.5 Å². The summed E-state index contributed by atoms with van der Waals surface area (Å²) in [4.78, 5) is 14.7. The fraction of sp³-hybridized carbons (Fsp3) is 0.333. The van der Waals surface area contributed by atoms with E-state index in [1.54, 1.807) is 0 Å². The topological polar surface area (TPSA) is 130 Å². The van der Waals surface area contributed by atoms with Gasteiger partial charge in [0.15, 0.2) is 19.7 Å². The summed E-state index contributed by atoms with van der Waals surface area (Å²) in [6.07, 6.45) is 0.615. The summed E-state index contributed by atoms with van der Waals surface area (Å²) >= 11 is 0. The first-order valence-electron chi connectivity index (χ1n) is 6.13. The van der Waals surface area contributed by atoms with Crippen molar-refractivity contribution < 1.29 is 26.7 Å². The lowest BCUT2D eigenvalue weighted by Crippen LogP contribution is -2.22. The van der Waals surface area contributed by atoms with Crippen LogP contribution in [0.2, 0.25) is 0 Å². The number of carbonyl (C=O) groups is 1. The number of fused-ring (bicyclic) bond motifs is 1. The molecule has 1 heterocycles. The first-order chi connectivity index (χ1) is 10.1. The van der Waals surface area contributed by atoms with Crippen LogP contribution in [0.3, 0.4) is 0 Å². The number of rotatable bonds is 5. The van der Waals surface area contributed by atoms with E-state index in [1.807, 2.05) is 0 Å². The van der Waals surface area contributed by atoms with E-state index >= 15 is 0 Å². The first-order valence-corrected chi connectivity index (χ1v) is 9.85. The molecule has 1 aliphatic rings. The number of aliphatic carboxylic acids is 1. The van der Waals surface area contributed by atoms with E-state index in [0.717, 1.165) is 6.26 Å². The summed E-state index contributed by atoms with van der Waals surface area (Å²) in [5.41, 5.74) is 0.564. The van der Waals surface area contributed by atoms with Crippen LogP contribution < -0.4 is 5.32 Å². The van der Waals surface area contributed by atoms with Gasteiger partial charge in [-0.1, -0.05) is 0 Å². The smallest absolute Gasteiger partial charge is 0.309 e. The number of nitrogens with one attached hydrogen (secondary N) is 1. The van der Waals surface area contributed by atoms with Crippen molar-refractivity contribution >= 4 is 42.7 Å². The Morgan fingerprint density at radius 2 is 2.09 bits per heavy atom. The van der Waals surface area contributed by atoms with Crippen LogP contribution in [0.4, 0.5) is 11.4 Å². The largest absolute Gasteiger partial charge is 0.481 e. The number of carboxylic acids is 1. The molecule has 2 rings (SSSR count). The summed E-state index contributed by atoms with van der Waals surface area (Å²) in [6.45, 7) is 0. The Labute approximate surface area is 127 Å². The van der Waals surface area contributed by atoms with Crippen molar-refractivity contribution in [1.82, 2.24) is 0 Å². The minimum Gasteiger partial charge on any atom is -0.481 e. The van der Waals surface area contributed by atoms with Crippen molar-refractivity contribution in [2.75, 3.05) is 23.2 Å². The average molecular weight is 346 g/mol. The number of benzene rings is 1. The van der Waals surface area contributed by atoms with Crippen molar-refractivity contribution in [3.63, 3.8) is 0 Å². The third-order valence-electron chi connectivity index (χ3n) is 2.82. The first kappa shape index (κ1) is 16.4. The van der Waals surface area contributed by atoms with E-state index in [1.165, 1.54) is 18.2 Å². The number of aliphatic imine (C=N–C) groups is 1. The highest BCUT2D eigenvalue weighted by molar-refractivity contribution is 7.92. The second-order valence-corrected chi connectivity index (χ2v) is 9.04. The zero-order chi connectivity index (χ0) is 16.5. The average Bonchev–Trinajstić information content (AvgIpc) is 2.34. The Morgan fingerprint density at radius 3 is 2.68 bits per heavy atom. The highest BCUT2D eigenvalue weighted by Crippen LogP contribution is 2.32. The van der Waals surface area contributed by atoms with Crippen molar-refractivity contribution in [2.45, 2.75) is 11.3 Å². The highest BCUT2D eigenvalue weighted by atomic mass is 32.2. The Bertz CT molecular complexity index is 856. The standard InChI is InChI=1S/C12H14N2O6S2/c1-21(17,18)7-13-8-2-3-10-11(4-8)22(19,20)6-9(14-10)5-12(15)16/h2-4,13H,5-7H2,1H3,(H,15,16). The maximum atomic E-state index is 12.2. The quantitative estimate of drug-likeness (QED) is 0.791. The van der Waals surface area contributed by atoms with E-state index in [9.17, 15) is 21.6 Å². The SMILES string of the molecule is CS(=O)(=O)CNc1ccc2c(c1)S(=O)(=O)CC(CC(=O)O)=N2. The van der Waals surface area contributed by atoms with Crippen molar-refractivity contribution in [3.8, 4) is 0 Å². The molecule has 120 valence electrons. The molecule has 1 aromatic carbocycles. The van der Waals surface area contributed by atoms with Gasteiger partial charge in [-0.05, 0) is 18.2 Å². The maximum Gasteiger partial charge on any atom is 0.309 e. The molecule has 0 radical (unpaired) electrons. The van der Waals surface area contributed by atoms with Crippen molar-refractivity contribution in [2.24, 2.45) is 4.99 Å². The second kappa shape index (κ2) is 5.69. The van der Waals surface area contributed by atoms with Gasteiger partial charge in [-0.3, -0.25) is 9.79 Å². The monoisotopic (exact) mass is 346 g/mol. The van der Waals surface area contributed by atoms with Crippen LogP contribution in [0, 0.1) is 0 Å². The lowest BCUT2D eigenvalue weighted by Gasteiger charge is -2.16. The minimum atomic E-state index is -3.70. The molecule has 2 N–H and O–H groups in total. The Balaban J connectivity index is 2.37. The van der Waals surface area contributed by atoms with Crippen LogP contribution in [0.25, 0.3) is 0 Å². The molecule has 0 aliphatic carbocycles. The van der Waals surface area contributed by atoms with Crippen LogP contribution in [0.1, 0.15) is 6.42 Å². The van der Waals surface area contributed by atoms with Crippen molar-refractivity contribution in [1.29, 1.82) is 0 Å². The van der Waals surface area contributed by atoms with Gasteiger partial charge in [0.2, 0.25) is 0 Å². The molecule has 10 heteroatoms. The van der Waals surface area contributed by atoms with Gasteiger partial charge in [-0.25, -0.2) is 16.8 Å². The summed E-state index contributed by atoms with van der Waals surface area (Å²) in [6, 6.07) is 4.21. The molecule has 0 spiro atoms. The van der Waals surface area contributed by atoms with E-state index in [2.05, 4.69) is 10.3 Å². The fourth-order valence-corrected chi connectivity index (χ4v) is 3.87. The number of hydrogen-bond donors (Lipinski definition) is 2. The van der Waals surface area contributed by atoms with Crippen molar-refractivity contribution in [3.05, 3.63) is 18.2 Å². The van der Waals surface area contributed by atoms with E-state index < -0.39 is 37.8 Å². The van der Waals surface area contributed by atoms with Crippen LogP contribution in [0.5, 0.6) is 0 Å². The van der Waals surface area contributed by atoms with Gasteiger partial charge in [-0.15, -0.1) is 0 Å².